The van der Waals surface area contributed by atoms with Gasteiger partial charge in [-0.2, -0.15) is 0 Å². The first-order chi connectivity index (χ1) is 14.5. The van der Waals surface area contributed by atoms with Crippen LogP contribution in [-0.4, -0.2) is 56.7 Å². The second-order valence-corrected chi connectivity index (χ2v) is 9.97. The molecule has 156 valence electrons. The molecular formula is C24H26N2O3Se. The summed E-state index contributed by atoms with van der Waals surface area (Å²) in [6.07, 6.45) is 2.13. The van der Waals surface area contributed by atoms with Crippen LogP contribution in [0.15, 0.2) is 54.7 Å². The molecule has 6 heteroatoms. The molecule has 0 N–H and O–H groups in total. The Hall–Kier alpha value is -2.40. The molecule has 1 aliphatic rings. The Labute approximate surface area is 183 Å². The first-order valence-electron chi connectivity index (χ1n) is 10.1. The number of carbonyl (C=O) groups is 1. The van der Waals surface area contributed by atoms with Crippen LogP contribution in [-0.2, 0) is 16.1 Å². The molecule has 0 unspecified atom stereocenters. The van der Waals surface area contributed by atoms with Gasteiger partial charge in [-0.05, 0) is 0 Å². The summed E-state index contributed by atoms with van der Waals surface area (Å²) in [7, 11) is 1.45. The van der Waals surface area contributed by atoms with E-state index in [1.165, 1.54) is 22.7 Å². The van der Waals surface area contributed by atoms with Crippen LogP contribution in [0.1, 0.15) is 19.4 Å². The zero-order chi connectivity index (χ0) is 21.1. The number of benzene rings is 2. The van der Waals surface area contributed by atoms with E-state index in [4.69, 9.17) is 14.5 Å². The van der Waals surface area contributed by atoms with Crippen LogP contribution in [0.25, 0.3) is 20.1 Å². The quantitative estimate of drug-likeness (QED) is 0.389. The number of esters is 1. The number of nitrogens with zero attached hydrogens (tertiary/aromatic N) is 2. The van der Waals surface area contributed by atoms with Crippen molar-refractivity contribution in [3.05, 3.63) is 60.3 Å². The van der Waals surface area contributed by atoms with Crippen molar-refractivity contribution >= 4 is 20.5 Å². The molecule has 1 aromatic heterocycles. The number of rotatable bonds is 7. The molecular weight excluding hydrogens is 443 g/mol. The molecule has 4 rings (SSSR count). The number of likely N-dealkylation sites (tertiary alicyclic amines) is 1. The van der Waals surface area contributed by atoms with Gasteiger partial charge in [0.05, 0.1) is 0 Å². The maximum absolute atomic E-state index is 11.5. The maximum atomic E-state index is 11.5. The van der Waals surface area contributed by atoms with Crippen LogP contribution in [0.4, 0.5) is 0 Å². The molecule has 1 fully saturated rings. The monoisotopic (exact) mass is 470 g/mol. The van der Waals surface area contributed by atoms with Crippen molar-refractivity contribution in [2.75, 3.05) is 20.2 Å². The minimum absolute atomic E-state index is 0.0266. The van der Waals surface area contributed by atoms with Gasteiger partial charge in [0.15, 0.2) is 0 Å². The van der Waals surface area contributed by atoms with Crippen LogP contribution in [0.2, 0.25) is 0 Å². The standard InChI is InChI=1S/C24H26N2O3Se/c1-16(2)29-21-7-5-4-6-20(21)23-25-12-22(30-23)18-10-8-17(9-11-18)13-26-14-19(15-26)24(27)28-3/h4-12,16,19H,13-15H2,1-3H3. The number of para-hydroxylation sites is 1. The van der Waals surface area contributed by atoms with Gasteiger partial charge in [-0.3, -0.25) is 0 Å². The topological polar surface area (TPSA) is 51.7 Å². The minimum atomic E-state index is -0.104. The van der Waals surface area contributed by atoms with Crippen molar-refractivity contribution in [2.24, 2.45) is 5.92 Å². The van der Waals surface area contributed by atoms with Crippen molar-refractivity contribution in [1.82, 2.24) is 9.88 Å². The van der Waals surface area contributed by atoms with Gasteiger partial charge in [-0.25, -0.2) is 0 Å². The van der Waals surface area contributed by atoms with Crippen molar-refractivity contribution in [3.8, 4) is 25.9 Å². The Bertz CT molecular complexity index is 1010. The fourth-order valence-corrected chi connectivity index (χ4v) is 5.58. The Kier molecular flexibility index (Phi) is 6.37. The average molecular weight is 469 g/mol. The molecule has 5 nitrogen and oxygen atoms in total. The van der Waals surface area contributed by atoms with E-state index in [9.17, 15) is 4.79 Å². The second-order valence-electron chi connectivity index (χ2n) is 7.80. The molecule has 0 aliphatic carbocycles. The summed E-state index contributed by atoms with van der Waals surface area (Å²) in [4.78, 5) is 18.5. The van der Waals surface area contributed by atoms with Gasteiger partial charge in [-0.15, -0.1) is 0 Å². The zero-order valence-electron chi connectivity index (χ0n) is 17.5. The van der Waals surface area contributed by atoms with Gasteiger partial charge in [0.2, 0.25) is 0 Å². The van der Waals surface area contributed by atoms with E-state index < -0.39 is 0 Å². The van der Waals surface area contributed by atoms with E-state index in [2.05, 4.69) is 35.2 Å². The van der Waals surface area contributed by atoms with Crippen molar-refractivity contribution in [1.29, 1.82) is 0 Å². The van der Waals surface area contributed by atoms with Crippen LogP contribution in [0.5, 0.6) is 5.75 Å². The third-order valence-electron chi connectivity index (χ3n) is 5.12. The van der Waals surface area contributed by atoms with E-state index in [0.29, 0.717) is 0 Å². The van der Waals surface area contributed by atoms with Gasteiger partial charge in [0.25, 0.3) is 0 Å². The van der Waals surface area contributed by atoms with Gasteiger partial charge in [0.1, 0.15) is 0 Å². The van der Waals surface area contributed by atoms with Gasteiger partial charge >= 0.3 is 183 Å². The Morgan fingerprint density at radius 2 is 1.90 bits per heavy atom. The van der Waals surface area contributed by atoms with Crippen molar-refractivity contribution in [3.63, 3.8) is 0 Å². The van der Waals surface area contributed by atoms with Gasteiger partial charge in [0, 0.05) is 0 Å². The molecule has 3 aromatic rings. The predicted octanol–water partition coefficient (Wildman–Crippen LogP) is 3.86. The van der Waals surface area contributed by atoms with Crippen molar-refractivity contribution < 1.29 is 14.3 Å². The predicted molar refractivity (Wildman–Crippen MR) is 119 cm³/mol. The molecule has 2 aromatic carbocycles. The summed E-state index contributed by atoms with van der Waals surface area (Å²) >= 11 is 0.142. The zero-order valence-corrected chi connectivity index (χ0v) is 19.2. The Balaban J connectivity index is 1.43. The van der Waals surface area contributed by atoms with Gasteiger partial charge in [-0.1, -0.05) is 0 Å². The van der Waals surface area contributed by atoms with Crippen LogP contribution in [0, 0.1) is 5.92 Å². The van der Waals surface area contributed by atoms with E-state index in [-0.39, 0.29) is 32.5 Å². The summed E-state index contributed by atoms with van der Waals surface area (Å²) in [5.74, 6) is 0.824. The average Bonchev–Trinajstić information content (AvgIpc) is 3.20. The first-order valence-corrected chi connectivity index (χ1v) is 11.9. The normalized spacial score (nSPS) is 14.5. The summed E-state index contributed by atoms with van der Waals surface area (Å²) in [5.41, 5.74) is 3.56. The van der Waals surface area contributed by atoms with E-state index in [1.807, 2.05) is 38.2 Å². The number of methoxy groups -OCH3 is 1. The summed E-state index contributed by atoms with van der Waals surface area (Å²) in [6, 6.07) is 16.8. The molecule has 0 bridgehead atoms. The Morgan fingerprint density at radius 3 is 2.60 bits per heavy atom. The van der Waals surface area contributed by atoms with Crippen LogP contribution < -0.4 is 4.74 Å². The summed E-state index contributed by atoms with van der Waals surface area (Å²) in [5, 5.41) is 0. The van der Waals surface area contributed by atoms with Gasteiger partial charge < -0.3 is 0 Å². The molecule has 0 atom stereocenters. The second kappa shape index (κ2) is 9.17. The SMILES string of the molecule is COC(=O)C1CN(Cc2ccc(-c3cnc(-c4ccccc4OC(C)C)[se]3)cc2)C1. The van der Waals surface area contributed by atoms with Crippen LogP contribution in [0.3, 0.4) is 0 Å². The van der Waals surface area contributed by atoms with E-state index in [1.54, 1.807) is 0 Å². The molecule has 0 saturated carbocycles. The third kappa shape index (κ3) is 4.67. The number of ether oxygens (including phenoxy) is 2. The molecule has 30 heavy (non-hydrogen) atoms. The fraction of sp³-hybridized carbons (Fsp3) is 0.333. The first kappa shape index (κ1) is 20.9. The van der Waals surface area contributed by atoms with Crippen LogP contribution >= 0.6 is 0 Å². The molecule has 1 saturated heterocycles. The molecule has 1 aliphatic heterocycles. The van der Waals surface area contributed by atoms with E-state index in [0.717, 1.165) is 35.5 Å². The molecule has 0 amide bonds. The summed E-state index contributed by atoms with van der Waals surface area (Å²) in [6.45, 7) is 6.49. The number of carbonyl (C=O) groups excluding carboxylic acids is 1. The molecule has 0 radical (unpaired) electrons. The number of hydrogen-bond acceptors (Lipinski definition) is 5. The Morgan fingerprint density at radius 1 is 1.17 bits per heavy atom. The number of aromatic nitrogens is 1. The molecule has 2 heterocycles. The number of hydrogen-bond donors (Lipinski definition) is 0. The van der Waals surface area contributed by atoms with Crippen molar-refractivity contribution in [2.45, 2.75) is 26.5 Å². The summed E-state index contributed by atoms with van der Waals surface area (Å²) < 4.78 is 13.2. The third-order valence-corrected chi connectivity index (χ3v) is 7.39. The molecule has 0 spiro atoms. The fourth-order valence-electron chi connectivity index (χ4n) is 3.58. The van der Waals surface area contributed by atoms with E-state index >= 15 is 0 Å².